The van der Waals surface area contributed by atoms with Crippen molar-refractivity contribution in [3.8, 4) is 5.69 Å². The highest BCUT2D eigenvalue weighted by atomic mass is 16.4. The van der Waals surface area contributed by atoms with Gasteiger partial charge in [-0.15, -0.1) is 0 Å². The molecule has 17 heavy (non-hydrogen) atoms. The molecule has 1 aromatic carbocycles. The van der Waals surface area contributed by atoms with Crippen molar-refractivity contribution in [1.82, 2.24) is 4.57 Å². The van der Waals surface area contributed by atoms with Crippen LogP contribution in [0.25, 0.3) is 5.69 Å². The van der Waals surface area contributed by atoms with Crippen molar-refractivity contribution in [2.24, 2.45) is 5.92 Å². The number of nitrogens with zero attached hydrogens (tertiary/aromatic N) is 1. The van der Waals surface area contributed by atoms with Gasteiger partial charge in [0.2, 0.25) is 0 Å². The van der Waals surface area contributed by atoms with Gasteiger partial charge >= 0.3 is 5.97 Å². The van der Waals surface area contributed by atoms with E-state index in [2.05, 4.69) is 0 Å². The van der Waals surface area contributed by atoms with Gasteiger partial charge in [0.1, 0.15) is 0 Å². The van der Waals surface area contributed by atoms with Gasteiger partial charge in [0.25, 0.3) is 0 Å². The lowest BCUT2D eigenvalue weighted by atomic mass is 10.1. The first-order valence-corrected chi connectivity index (χ1v) is 5.63. The summed E-state index contributed by atoms with van der Waals surface area (Å²) >= 11 is 0. The lowest BCUT2D eigenvalue weighted by molar-refractivity contribution is -0.141. The molecule has 0 radical (unpaired) electrons. The minimum absolute atomic E-state index is 0.368. The highest BCUT2D eigenvalue weighted by Gasteiger charge is 2.14. The second-order valence-corrected chi connectivity index (χ2v) is 4.15. The van der Waals surface area contributed by atoms with Crippen LogP contribution >= 0.6 is 0 Å². The summed E-state index contributed by atoms with van der Waals surface area (Å²) in [6.45, 7) is 1.73. The first-order valence-electron chi connectivity index (χ1n) is 5.63. The van der Waals surface area contributed by atoms with Crippen LogP contribution in [0.4, 0.5) is 0 Å². The highest BCUT2D eigenvalue weighted by molar-refractivity contribution is 5.69. The number of hydrogen-bond acceptors (Lipinski definition) is 1. The second-order valence-electron chi connectivity index (χ2n) is 4.15. The fourth-order valence-corrected chi connectivity index (χ4v) is 1.82. The zero-order chi connectivity index (χ0) is 12.3. The molecule has 0 aliphatic heterocycles. The number of carbonyl (C=O) groups is 1. The summed E-state index contributed by atoms with van der Waals surface area (Å²) < 4.78 is 2.03. The summed E-state index contributed by atoms with van der Waals surface area (Å²) in [6, 6.07) is 13.8. The van der Waals surface area contributed by atoms with Crippen molar-refractivity contribution >= 4 is 5.97 Å². The van der Waals surface area contributed by atoms with E-state index in [0.29, 0.717) is 6.42 Å². The fraction of sp³-hybridized carbons (Fsp3) is 0.214. The monoisotopic (exact) mass is 229 g/mol. The van der Waals surface area contributed by atoms with Crippen LogP contribution in [-0.2, 0) is 11.2 Å². The summed E-state index contributed by atoms with van der Waals surface area (Å²) in [6.07, 6.45) is 2.50. The molecular weight excluding hydrogens is 214 g/mol. The quantitative estimate of drug-likeness (QED) is 0.875. The molecule has 2 aromatic rings. The van der Waals surface area contributed by atoms with E-state index in [4.69, 9.17) is 5.11 Å². The van der Waals surface area contributed by atoms with Crippen molar-refractivity contribution in [3.05, 3.63) is 54.4 Å². The van der Waals surface area contributed by atoms with E-state index in [1.165, 1.54) is 0 Å². The van der Waals surface area contributed by atoms with Crippen LogP contribution in [0.15, 0.2) is 48.7 Å². The molecular formula is C14H15NO2. The number of para-hydroxylation sites is 1. The van der Waals surface area contributed by atoms with Gasteiger partial charge in [0.05, 0.1) is 5.92 Å². The van der Waals surface area contributed by atoms with Gasteiger partial charge in [-0.2, -0.15) is 0 Å². The van der Waals surface area contributed by atoms with E-state index < -0.39 is 5.97 Å². The van der Waals surface area contributed by atoms with Gasteiger partial charge < -0.3 is 9.67 Å². The van der Waals surface area contributed by atoms with Crippen molar-refractivity contribution in [2.45, 2.75) is 13.3 Å². The normalized spacial score (nSPS) is 12.3. The first-order chi connectivity index (χ1) is 8.18. The van der Waals surface area contributed by atoms with Crippen molar-refractivity contribution in [1.29, 1.82) is 0 Å². The van der Waals surface area contributed by atoms with Crippen LogP contribution in [0.1, 0.15) is 12.6 Å². The van der Waals surface area contributed by atoms with Crippen LogP contribution in [0.2, 0.25) is 0 Å². The number of hydrogen-bond donors (Lipinski definition) is 1. The molecule has 1 heterocycles. The molecule has 0 saturated carbocycles. The molecule has 0 bridgehead atoms. The maximum atomic E-state index is 10.9. The standard InChI is InChI=1S/C14H15NO2/c1-11(14(16)17)10-13-8-5-9-15(13)12-6-3-2-4-7-12/h2-9,11H,10H2,1H3,(H,16,17). The number of benzene rings is 1. The minimum Gasteiger partial charge on any atom is -0.481 e. The minimum atomic E-state index is -0.759. The molecule has 2 rings (SSSR count). The maximum absolute atomic E-state index is 10.9. The highest BCUT2D eigenvalue weighted by Crippen LogP contribution is 2.15. The van der Waals surface area contributed by atoms with Gasteiger partial charge in [-0.05, 0) is 24.3 Å². The molecule has 1 N–H and O–H groups in total. The zero-order valence-electron chi connectivity index (χ0n) is 9.71. The molecule has 0 aliphatic carbocycles. The zero-order valence-corrected chi connectivity index (χ0v) is 9.71. The van der Waals surface area contributed by atoms with Crippen LogP contribution in [0.5, 0.6) is 0 Å². The lowest BCUT2D eigenvalue weighted by Crippen LogP contribution is -2.14. The summed E-state index contributed by atoms with van der Waals surface area (Å²) in [4.78, 5) is 10.9. The number of carboxylic acid groups (broad SMARTS) is 1. The molecule has 0 fully saturated rings. The Balaban J connectivity index is 2.26. The van der Waals surface area contributed by atoms with Crippen molar-refractivity contribution in [2.75, 3.05) is 0 Å². The van der Waals surface area contributed by atoms with Gasteiger partial charge in [-0.1, -0.05) is 25.1 Å². The molecule has 3 heteroatoms. The van der Waals surface area contributed by atoms with Crippen molar-refractivity contribution in [3.63, 3.8) is 0 Å². The Morgan fingerprint density at radius 2 is 1.94 bits per heavy atom. The van der Waals surface area contributed by atoms with Crippen LogP contribution in [-0.4, -0.2) is 15.6 Å². The number of aliphatic carboxylic acids is 1. The van der Waals surface area contributed by atoms with Gasteiger partial charge in [-0.3, -0.25) is 4.79 Å². The summed E-state index contributed by atoms with van der Waals surface area (Å²) in [7, 11) is 0. The van der Waals surface area contributed by atoms with E-state index in [1.54, 1.807) is 6.92 Å². The Morgan fingerprint density at radius 1 is 1.24 bits per heavy atom. The molecule has 1 atom stereocenters. The van der Waals surface area contributed by atoms with E-state index in [-0.39, 0.29) is 5.92 Å². The average molecular weight is 229 g/mol. The molecule has 1 aromatic heterocycles. The third-order valence-corrected chi connectivity index (χ3v) is 2.80. The third kappa shape index (κ3) is 2.56. The van der Waals surface area contributed by atoms with Crippen molar-refractivity contribution < 1.29 is 9.90 Å². The Labute approximate surface area is 100 Å². The van der Waals surface area contributed by atoms with Crippen LogP contribution in [0.3, 0.4) is 0 Å². The molecule has 88 valence electrons. The number of carboxylic acids is 1. The van der Waals surface area contributed by atoms with E-state index in [1.807, 2.05) is 53.2 Å². The average Bonchev–Trinajstić information content (AvgIpc) is 2.78. The first kappa shape index (κ1) is 11.5. The smallest absolute Gasteiger partial charge is 0.306 e. The molecule has 3 nitrogen and oxygen atoms in total. The van der Waals surface area contributed by atoms with E-state index >= 15 is 0 Å². The Bertz CT molecular complexity index is 502. The third-order valence-electron chi connectivity index (χ3n) is 2.80. The molecule has 0 spiro atoms. The van der Waals surface area contributed by atoms with Crippen LogP contribution < -0.4 is 0 Å². The van der Waals surface area contributed by atoms with Crippen LogP contribution in [0, 0.1) is 5.92 Å². The number of aromatic nitrogens is 1. The SMILES string of the molecule is CC(Cc1cccn1-c1ccccc1)C(=O)O. The van der Waals surface area contributed by atoms with E-state index in [0.717, 1.165) is 11.4 Å². The lowest BCUT2D eigenvalue weighted by Gasteiger charge is -2.11. The predicted octanol–water partition coefficient (Wildman–Crippen LogP) is 2.74. The summed E-state index contributed by atoms with van der Waals surface area (Å²) in [5.41, 5.74) is 2.08. The van der Waals surface area contributed by atoms with E-state index in [9.17, 15) is 4.79 Å². The Kier molecular flexibility index (Phi) is 3.28. The fourth-order valence-electron chi connectivity index (χ4n) is 1.82. The number of rotatable bonds is 4. The topological polar surface area (TPSA) is 42.2 Å². The van der Waals surface area contributed by atoms with Gasteiger partial charge in [0.15, 0.2) is 0 Å². The van der Waals surface area contributed by atoms with Gasteiger partial charge in [0, 0.05) is 24.0 Å². The molecule has 0 aliphatic rings. The molecule has 0 saturated heterocycles. The molecule has 1 unspecified atom stereocenters. The molecule has 0 amide bonds. The summed E-state index contributed by atoms with van der Waals surface area (Å²) in [5.74, 6) is -1.13. The second kappa shape index (κ2) is 4.87. The maximum Gasteiger partial charge on any atom is 0.306 e. The van der Waals surface area contributed by atoms with Gasteiger partial charge in [-0.25, -0.2) is 0 Å². The predicted molar refractivity (Wildman–Crippen MR) is 66.3 cm³/mol. The Hall–Kier alpha value is -2.03. The largest absolute Gasteiger partial charge is 0.481 e. The summed E-state index contributed by atoms with van der Waals surface area (Å²) in [5, 5.41) is 8.93. The Morgan fingerprint density at radius 3 is 2.59 bits per heavy atom.